The van der Waals surface area contributed by atoms with E-state index in [9.17, 15) is 0 Å². The van der Waals surface area contributed by atoms with Gasteiger partial charge in [0.15, 0.2) is 0 Å². The summed E-state index contributed by atoms with van der Waals surface area (Å²) < 4.78 is 1.12. The SMILES string of the molecule is Cc1cc(C)c(C(N)c2cccc(C)c2Br)s1. The van der Waals surface area contributed by atoms with Crippen LogP contribution in [0.25, 0.3) is 0 Å². The fraction of sp³-hybridized carbons (Fsp3) is 0.286. The Bertz CT molecular complexity index is 545. The first-order valence-electron chi connectivity index (χ1n) is 5.58. The van der Waals surface area contributed by atoms with E-state index < -0.39 is 0 Å². The van der Waals surface area contributed by atoms with Crippen LogP contribution < -0.4 is 5.73 Å². The normalized spacial score (nSPS) is 12.8. The van der Waals surface area contributed by atoms with E-state index in [0.717, 1.165) is 10.0 Å². The van der Waals surface area contributed by atoms with Crippen molar-refractivity contribution in [1.29, 1.82) is 0 Å². The molecule has 17 heavy (non-hydrogen) atoms. The molecule has 0 spiro atoms. The van der Waals surface area contributed by atoms with Crippen LogP contribution in [0.3, 0.4) is 0 Å². The molecule has 90 valence electrons. The second kappa shape index (κ2) is 4.92. The summed E-state index contributed by atoms with van der Waals surface area (Å²) in [5, 5.41) is 0. The number of halogens is 1. The molecule has 0 bridgehead atoms. The average Bonchev–Trinajstić information content (AvgIpc) is 2.61. The lowest BCUT2D eigenvalue weighted by Gasteiger charge is -2.15. The predicted molar refractivity (Wildman–Crippen MR) is 78.7 cm³/mol. The van der Waals surface area contributed by atoms with E-state index in [4.69, 9.17) is 5.73 Å². The van der Waals surface area contributed by atoms with Crippen molar-refractivity contribution in [2.24, 2.45) is 5.73 Å². The smallest absolute Gasteiger partial charge is 0.0659 e. The fourth-order valence-electron chi connectivity index (χ4n) is 2.02. The second-order valence-corrected chi connectivity index (χ2v) is 6.44. The van der Waals surface area contributed by atoms with Gasteiger partial charge in [0.1, 0.15) is 0 Å². The topological polar surface area (TPSA) is 26.0 Å². The molecule has 1 nitrogen and oxygen atoms in total. The lowest BCUT2D eigenvalue weighted by molar-refractivity contribution is 0.877. The van der Waals surface area contributed by atoms with Crippen molar-refractivity contribution in [1.82, 2.24) is 0 Å². The number of rotatable bonds is 2. The van der Waals surface area contributed by atoms with Crippen molar-refractivity contribution < 1.29 is 0 Å². The van der Waals surface area contributed by atoms with Crippen LogP contribution in [0.15, 0.2) is 28.7 Å². The molecule has 0 aliphatic rings. The van der Waals surface area contributed by atoms with Crippen LogP contribution in [0.2, 0.25) is 0 Å². The number of nitrogens with two attached hydrogens (primary N) is 1. The van der Waals surface area contributed by atoms with Crippen LogP contribution >= 0.6 is 27.3 Å². The summed E-state index contributed by atoms with van der Waals surface area (Å²) in [5.74, 6) is 0. The number of thiophene rings is 1. The first-order chi connectivity index (χ1) is 8.00. The van der Waals surface area contributed by atoms with E-state index in [0.29, 0.717) is 0 Å². The maximum atomic E-state index is 6.38. The lowest BCUT2D eigenvalue weighted by atomic mass is 10.0. The zero-order valence-corrected chi connectivity index (χ0v) is 12.7. The molecule has 1 atom stereocenters. The molecule has 1 aromatic carbocycles. The molecule has 3 heteroatoms. The lowest BCUT2D eigenvalue weighted by Crippen LogP contribution is -2.12. The molecule has 2 aromatic rings. The van der Waals surface area contributed by atoms with Gasteiger partial charge in [-0.15, -0.1) is 11.3 Å². The van der Waals surface area contributed by atoms with Gasteiger partial charge in [-0.2, -0.15) is 0 Å². The van der Waals surface area contributed by atoms with Crippen LogP contribution in [-0.4, -0.2) is 0 Å². The van der Waals surface area contributed by atoms with Gasteiger partial charge in [0.05, 0.1) is 6.04 Å². The molecule has 1 aromatic heterocycles. The van der Waals surface area contributed by atoms with E-state index in [1.165, 1.54) is 20.9 Å². The summed E-state index contributed by atoms with van der Waals surface area (Å²) in [6, 6.07) is 8.40. The second-order valence-electron chi connectivity index (χ2n) is 4.36. The highest BCUT2D eigenvalue weighted by molar-refractivity contribution is 9.10. The minimum Gasteiger partial charge on any atom is -0.320 e. The van der Waals surface area contributed by atoms with Crippen LogP contribution in [0, 0.1) is 20.8 Å². The van der Waals surface area contributed by atoms with Crippen LogP contribution in [0.1, 0.15) is 32.5 Å². The van der Waals surface area contributed by atoms with Crippen LogP contribution in [-0.2, 0) is 0 Å². The Morgan fingerprint density at radius 1 is 1.18 bits per heavy atom. The molecule has 0 saturated carbocycles. The maximum Gasteiger partial charge on any atom is 0.0659 e. The van der Waals surface area contributed by atoms with Gasteiger partial charge in [0, 0.05) is 14.2 Å². The molecule has 0 aliphatic heterocycles. The minimum absolute atomic E-state index is 0.0389. The van der Waals surface area contributed by atoms with Gasteiger partial charge in [-0.1, -0.05) is 34.1 Å². The molecule has 2 N–H and O–H groups in total. The van der Waals surface area contributed by atoms with Gasteiger partial charge >= 0.3 is 0 Å². The van der Waals surface area contributed by atoms with Gasteiger partial charge in [-0.05, 0) is 43.5 Å². The summed E-state index contributed by atoms with van der Waals surface area (Å²) >= 11 is 5.42. The van der Waals surface area contributed by atoms with Gasteiger partial charge in [-0.3, -0.25) is 0 Å². The fourth-order valence-corrected chi connectivity index (χ4v) is 3.59. The summed E-state index contributed by atoms with van der Waals surface area (Å²) in [5.41, 5.74) is 10.1. The van der Waals surface area contributed by atoms with Gasteiger partial charge in [0.2, 0.25) is 0 Å². The molecule has 2 rings (SSSR count). The standard InChI is InChI=1S/C14H16BrNS/c1-8-5-4-6-11(12(8)15)13(16)14-9(2)7-10(3)17-14/h4-7,13H,16H2,1-3H3. The van der Waals surface area contributed by atoms with E-state index in [1.807, 2.05) is 0 Å². The molecule has 0 saturated heterocycles. The van der Waals surface area contributed by atoms with Gasteiger partial charge in [0.25, 0.3) is 0 Å². The minimum atomic E-state index is -0.0389. The molecular formula is C14H16BrNS. The molecular weight excluding hydrogens is 294 g/mol. The van der Waals surface area contributed by atoms with Crippen molar-refractivity contribution in [3.63, 3.8) is 0 Å². The van der Waals surface area contributed by atoms with Gasteiger partial charge < -0.3 is 5.73 Å². The Morgan fingerprint density at radius 2 is 1.88 bits per heavy atom. The Kier molecular flexibility index (Phi) is 3.71. The first-order valence-corrected chi connectivity index (χ1v) is 7.19. The molecule has 1 unspecified atom stereocenters. The monoisotopic (exact) mass is 309 g/mol. The Balaban J connectivity index is 2.47. The van der Waals surface area contributed by atoms with Crippen LogP contribution in [0.5, 0.6) is 0 Å². The van der Waals surface area contributed by atoms with Crippen molar-refractivity contribution in [2.75, 3.05) is 0 Å². The highest BCUT2D eigenvalue weighted by Gasteiger charge is 2.17. The Labute approximate surface area is 115 Å². The van der Waals surface area contributed by atoms with Crippen molar-refractivity contribution in [2.45, 2.75) is 26.8 Å². The first kappa shape index (κ1) is 12.8. The molecule has 0 radical (unpaired) electrons. The number of hydrogen-bond donors (Lipinski definition) is 1. The molecule has 0 aliphatic carbocycles. The third-order valence-electron chi connectivity index (χ3n) is 2.92. The van der Waals surface area contributed by atoms with E-state index in [-0.39, 0.29) is 6.04 Å². The summed E-state index contributed by atoms with van der Waals surface area (Å²) in [7, 11) is 0. The number of benzene rings is 1. The highest BCUT2D eigenvalue weighted by Crippen LogP contribution is 2.34. The summed E-state index contributed by atoms with van der Waals surface area (Å²) in [4.78, 5) is 2.57. The zero-order valence-electron chi connectivity index (χ0n) is 10.3. The molecule has 0 amide bonds. The van der Waals surface area contributed by atoms with Crippen LogP contribution in [0.4, 0.5) is 0 Å². The Hall–Kier alpha value is -0.640. The number of hydrogen-bond acceptors (Lipinski definition) is 2. The van der Waals surface area contributed by atoms with Crippen molar-refractivity contribution in [3.05, 3.63) is 55.2 Å². The maximum absolute atomic E-state index is 6.38. The quantitative estimate of drug-likeness (QED) is 0.869. The largest absolute Gasteiger partial charge is 0.320 e. The van der Waals surface area contributed by atoms with E-state index in [2.05, 4.69) is 61.0 Å². The van der Waals surface area contributed by atoms with E-state index in [1.54, 1.807) is 11.3 Å². The van der Waals surface area contributed by atoms with Gasteiger partial charge in [-0.25, -0.2) is 0 Å². The van der Waals surface area contributed by atoms with Crippen molar-refractivity contribution >= 4 is 27.3 Å². The summed E-state index contributed by atoms with van der Waals surface area (Å²) in [6.07, 6.45) is 0. The highest BCUT2D eigenvalue weighted by atomic mass is 79.9. The number of aryl methyl sites for hydroxylation is 3. The molecule has 0 fully saturated rings. The summed E-state index contributed by atoms with van der Waals surface area (Å²) in [6.45, 7) is 6.34. The average molecular weight is 310 g/mol. The zero-order chi connectivity index (χ0) is 12.6. The Morgan fingerprint density at radius 3 is 2.47 bits per heavy atom. The van der Waals surface area contributed by atoms with E-state index >= 15 is 0 Å². The third kappa shape index (κ3) is 2.46. The van der Waals surface area contributed by atoms with Crippen molar-refractivity contribution in [3.8, 4) is 0 Å². The molecule has 1 heterocycles. The third-order valence-corrected chi connectivity index (χ3v) is 5.24. The predicted octanol–water partition coefficient (Wildman–Crippen LogP) is 4.48.